The van der Waals surface area contributed by atoms with Crippen LogP contribution in [0.5, 0.6) is 0 Å². The number of aryl methyl sites for hydroxylation is 3. The topological polar surface area (TPSA) is 92.9 Å². The van der Waals surface area contributed by atoms with Crippen molar-refractivity contribution in [1.29, 1.82) is 0 Å². The molecule has 3 rings (SSSR count). The fourth-order valence-electron chi connectivity index (χ4n) is 2.56. The minimum atomic E-state index is -0.164. The highest BCUT2D eigenvalue weighted by Gasteiger charge is 2.12. The van der Waals surface area contributed by atoms with E-state index in [2.05, 4.69) is 58.0 Å². The lowest BCUT2D eigenvalue weighted by atomic mass is 10.0. The van der Waals surface area contributed by atoms with Crippen molar-refractivity contribution < 1.29 is 9.32 Å². The van der Waals surface area contributed by atoms with Crippen molar-refractivity contribution >= 4 is 45.6 Å². The van der Waals surface area contributed by atoms with Gasteiger partial charge in [-0.15, -0.1) is 10.2 Å². The van der Waals surface area contributed by atoms with E-state index in [1.807, 2.05) is 0 Å². The molecule has 2 N–H and O–H groups in total. The summed E-state index contributed by atoms with van der Waals surface area (Å²) in [6.07, 6.45) is 1.89. The van der Waals surface area contributed by atoms with Gasteiger partial charge in [-0.1, -0.05) is 60.3 Å². The Morgan fingerprint density at radius 2 is 1.96 bits per heavy atom. The third-order valence-electron chi connectivity index (χ3n) is 3.86. The largest absolute Gasteiger partial charge is 0.360 e. The van der Waals surface area contributed by atoms with Gasteiger partial charge in [0.25, 0.3) is 0 Å². The van der Waals surface area contributed by atoms with Crippen molar-refractivity contribution in [1.82, 2.24) is 15.4 Å². The van der Waals surface area contributed by atoms with Gasteiger partial charge in [0.2, 0.25) is 11.0 Å². The van der Waals surface area contributed by atoms with Gasteiger partial charge < -0.3 is 15.2 Å². The maximum Gasteiger partial charge on any atom is 0.236 e. The summed E-state index contributed by atoms with van der Waals surface area (Å²) >= 11 is 2.77. The summed E-state index contributed by atoms with van der Waals surface area (Å²) in [6, 6.07) is 7.99. The highest BCUT2D eigenvalue weighted by Crippen LogP contribution is 2.31. The lowest BCUT2D eigenvalue weighted by molar-refractivity contribution is -0.113. The molecule has 0 aliphatic carbocycles. The number of nitrogens with zero attached hydrogens (tertiary/aromatic N) is 3. The summed E-state index contributed by atoms with van der Waals surface area (Å²) in [4.78, 5) is 12.0. The highest BCUT2D eigenvalue weighted by molar-refractivity contribution is 8.01. The van der Waals surface area contributed by atoms with Crippen molar-refractivity contribution in [2.45, 2.75) is 38.0 Å². The van der Waals surface area contributed by atoms with E-state index in [1.54, 1.807) is 13.0 Å². The molecular weight excluding hydrogens is 382 g/mol. The average molecular weight is 404 g/mol. The fourth-order valence-corrected chi connectivity index (χ4v) is 4.12. The Morgan fingerprint density at radius 1 is 1.22 bits per heavy atom. The van der Waals surface area contributed by atoms with Crippen LogP contribution in [0.2, 0.25) is 0 Å². The maximum absolute atomic E-state index is 12.0. The number of anilines is 3. The predicted molar refractivity (Wildman–Crippen MR) is 109 cm³/mol. The summed E-state index contributed by atoms with van der Waals surface area (Å²) in [6.45, 7) is 6.04. The predicted octanol–water partition coefficient (Wildman–Crippen LogP) is 4.43. The van der Waals surface area contributed by atoms with E-state index in [0.29, 0.717) is 11.6 Å². The zero-order chi connectivity index (χ0) is 19.2. The Balaban J connectivity index is 1.60. The van der Waals surface area contributed by atoms with Crippen LogP contribution in [0.3, 0.4) is 0 Å². The van der Waals surface area contributed by atoms with Gasteiger partial charge in [0.15, 0.2) is 10.2 Å². The molecule has 0 saturated carbocycles. The Hall–Kier alpha value is -2.39. The third-order valence-corrected chi connectivity index (χ3v) is 5.83. The molecule has 0 atom stereocenters. The first-order valence-corrected chi connectivity index (χ1v) is 10.5. The van der Waals surface area contributed by atoms with Crippen LogP contribution in [0.15, 0.2) is 33.1 Å². The van der Waals surface area contributed by atoms with Crippen molar-refractivity contribution in [3.05, 3.63) is 41.2 Å². The third kappa shape index (κ3) is 5.08. The number of thioether (sulfide) groups is 1. The van der Waals surface area contributed by atoms with E-state index in [1.165, 1.54) is 34.2 Å². The van der Waals surface area contributed by atoms with E-state index in [-0.39, 0.29) is 11.7 Å². The van der Waals surface area contributed by atoms with Crippen molar-refractivity contribution in [2.75, 3.05) is 16.4 Å². The van der Waals surface area contributed by atoms with Crippen LogP contribution in [0, 0.1) is 6.92 Å². The zero-order valence-corrected chi connectivity index (χ0v) is 17.0. The van der Waals surface area contributed by atoms with Crippen LogP contribution < -0.4 is 10.6 Å². The molecule has 0 saturated heterocycles. The van der Waals surface area contributed by atoms with Gasteiger partial charge in [0.1, 0.15) is 5.76 Å². The molecule has 0 bridgehead atoms. The van der Waals surface area contributed by atoms with Crippen molar-refractivity contribution in [2.24, 2.45) is 0 Å². The quantitative estimate of drug-likeness (QED) is 0.537. The van der Waals surface area contributed by atoms with Crippen LogP contribution in [-0.4, -0.2) is 27.0 Å². The number of aromatic nitrogens is 3. The molecular formula is C18H21N5O2S2. The Kier molecular flexibility index (Phi) is 6.46. The Labute approximate surface area is 165 Å². The minimum absolute atomic E-state index is 0.164. The number of hydrogen-bond acceptors (Lipinski definition) is 8. The van der Waals surface area contributed by atoms with E-state index < -0.39 is 0 Å². The van der Waals surface area contributed by atoms with Gasteiger partial charge in [-0.05, 0) is 30.9 Å². The number of hydrogen-bond donors (Lipinski definition) is 2. The Bertz CT molecular complexity index is 900. The molecule has 2 heterocycles. The van der Waals surface area contributed by atoms with Gasteiger partial charge in [0, 0.05) is 11.8 Å². The molecule has 0 fully saturated rings. The lowest BCUT2D eigenvalue weighted by Crippen LogP contribution is -2.14. The molecule has 0 unspecified atom stereocenters. The summed E-state index contributed by atoms with van der Waals surface area (Å²) in [5.74, 6) is 1.13. The van der Waals surface area contributed by atoms with E-state index in [9.17, 15) is 4.79 Å². The van der Waals surface area contributed by atoms with Crippen LogP contribution >= 0.6 is 23.1 Å². The number of nitrogens with one attached hydrogen (secondary N) is 2. The molecule has 27 heavy (non-hydrogen) atoms. The first kappa shape index (κ1) is 19.4. The van der Waals surface area contributed by atoms with Crippen LogP contribution in [0.4, 0.5) is 16.6 Å². The number of carbonyl (C=O) groups is 1. The smallest absolute Gasteiger partial charge is 0.236 e. The Morgan fingerprint density at radius 3 is 2.59 bits per heavy atom. The molecule has 0 aliphatic rings. The first-order valence-electron chi connectivity index (χ1n) is 8.66. The molecule has 9 heteroatoms. The number of rotatable bonds is 8. The molecule has 2 aromatic heterocycles. The second-order valence-electron chi connectivity index (χ2n) is 5.82. The fraction of sp³-hybridized carbons (Fsp3) is 0.333. The van der Waals surface area contributed by atoms with Gasteiger partial charge >= 0.3 is 0 Å². The SMILES string of the molecule is CCc1cccc(CC)c1Nc1nnc(SCC(=O)Nc2cc(C)on2)s1. The second-order valence-corrected chi connectivity index (χ2v) is 8.02. The number of benzene rings is 1. The van der Waals surface area contributed by atoms with Gasteiger partial charge in [-0.3, -0.25) is 4.79 Å². The molecule has 7 nitrogen and oxygen atoms in total. The monoisotopic (exact) mass is 403 g/mol. The standard InChI is InChI=1S/C18H21N5O2S2/c1-4-12-7-6-8-13(5-2)16(12)20-17-21-22-18(27-17)26-10-15(24)19-14-9-11(3)25-23-14/h6-9H,4-5,10H2,1-3H3,(H,20,21)(H,19,23,24). The maximum atomic E-state index is 12.0. The van der Waals surface area contributed by atoms with Gasteiger partial charge in [-0.2, -0.15) is 0 Å². The summed E-state index contributed by atoms with van der Waals surface area (Å²) in [7, 11) is 0. The molecule has 0 aliphatic heterocycles. The molecule has 1 aromatic carbocycles. The normalized spacial score (nSPS) is 10.8. The minimum Gasteiger partial charge on any atom is -0.360 e. The molecule has 3 aromatic rings. The van der Waals surface area contributed by atoms with E-state index in [0.717, 1.165) is 28.0 Å². The average Bonchev–Trinajstić information content (AvgIpc) is 3.29. The van der Waals surface area contributed by atoms with E-state index >= 15 is 0 Å². The zero-order valence-electron chi connectivity index (χ0n) is 15.4. The van der Waals surface area contributed by atoms with Crippen molar-refractivity contribution in [3.8, 4) is 0 Å². The van der Waals surface area contributed by atoms with Gasteiger partial charge in [-0.25, -0.2) is 0 Å². The summed E-state index contributed by atoms with van der Waals surface area (Å²) in [5, 5.41) is 18.9. The number of amides is 1. The number of para-hydroxylation sites is 1. The van der Waals surface area contributed by atoms with Crippen molar-refractivity contribution in [3.63, 3.8) is 0 Å². The number of carbonyl (C=O) groups excluding carboxylic acids is 1. The first-order chi connectivity index (χ1) is 13.1. The molecule has 142 valence electrons. The van der Waals surface area contributed by atoms with Crippen LogP contribution in [0.1, 0.15) is 30.7 Å². The highest BCUT2D eigenvalue weighted by atomic mass is 32.2. The summed E-state index contributed by atoms with van der Waals surface area (Å²) < 4.78 is 5.66. The second kappa shape index (κ2) is 9.01. The van der Waals surface area contributed by atoms with E-state index in [4.69, 9.17) is 4.52 Å². The molecule has 1 amide bonds. The van der Waals surface area contributed by atoms with Crippen LogP contribution in [-0.2, 0) is 17.6 Å². The molecule has 0 radical (unpaired) electrons. The lowest BCUT2D eigenvalue weighted by Gasteiger charge is -2.13. The van der Waals surface area contributed by atoms with Gasteiger partial charge in [0.05, 0.1) is 5.75 Å². The van der Waals surface area contributed by atoms with Crippen LogP contribution in [0.25, 0.3) is 0 Å². The molecule has 0 spiro atoms. The summed E-state index contributed by atoms with van der Waals surface area (Å²) in [5.41, 5.74) is 3.61.